The van der Waals surface area contributed by atoms with E-state index in [-0.39, 0.29) is 11.6 Å². The van der Waals surface area contributed by atoms with Gasteiger partial charge >= 0.3 is 6.03 Å². The van der Waals surface area contributed by atoms with Gasteiger partial charge in [0, 0.05) is 24.7 Å². The summed E-state index contributed by atoms with van der Waals surface area (Å²) in [5.74, 6) is 0. The SMILES string of the molecule is CC(C)(C)NC(=O)N(CCN)C1CC1. The van der Waals surface area contributed by atoms with Crippen molar-refractivity contribution in [3.63, 3.8) is 0 Å². The van der Waals surface area contributed by atoms with Crippen LogP contribution in [0.4, 0.5) is 4.79 Å². The van der Waals surface area contributed by atoms with Crippen LogP contribution in [0.25, 0.3) is 0 Å². The summed E-state index contributed by atoms with van der Waals surface area (Å²) in [5.41, 5.74) is 5.31. The third kappa shape index (κ3) is 3.54. The summed E-state index contributed by atoms with van der Waals surface area (Å²) in [6.07, 6.45) is 2.25. The largest absolute Gasteiger partial charge is 0.333 e. The molecule has 4 nitrogen and oxygen atoms in total. The lowest BCUT2D eigenvalue weighted by atomic mass is 10.1. The molecule has 1 aliphatic carbocycles. The van der Waals surface area contributed by atoms with Crippen molar-refractivity contribution >= 4 is 6.03 Å². The molecule has 0 bridgehead atoms. The number of urea groups is 1. The predicted molar refractivity (Wildman–Crippen MR) is 57.1 cm³/mol. The molecule has 4 heteroatoms. The Kier molecular flexibility index (Phi) is 3.37. The number of hydrogen-bond donors (Lipinski definition) is 2. The zero-order valence-corrected chi connectivity index (χ0v) is 9.34. The van der Waals surface area contributed by atoms with Crippen molar-refractivity contribution in [1.82, 2.24) is 10.2 Å². The van der Waals surface area contributed by atoms with Crippen LogP contribution in [0.3, 0.4) is 0 Å². The van der Waals surface area contributed by atoms with E-state index in [1.807, 2.05) is 25.7 Å². The molecule has 82 valence electrons. The molecule has 3 N–H and O–H groups in total. The highest BCUT2D eigenvalue weighted by Gasteiger charge is 2.33. The number of nitrogens with one attached hydrogen (secondary N) is 1. The molecule has 1 fully saturated rings. The smallest absolute Gasteiger partial charge is 0.318 e. The van der Waals surface area contributed by atoms with Gasteiger partial charge in [0.15, 0.2) is 0 Å². The number of hydrogen-bond acceptors (Lipinski definition) is 2. The van der Waals surface area contributed by atoms with Crippen LogP contribution in [0.5, 0.6) is 0 Å². The summed E-state index contributed by atoms with van der Waals surface area (Å²) in [7, 11) is 0. The van der Waals surface area contributed by atoms with Crippen LogP contribution in [0.1, 0.15) is 33.6 Å². The summed E-state index contributed by atoms with van der Waals surface area (Å²) < 4.78 is 0. The van der Waals surface area contributed by atoms with Gasteiger partial charge in [-0.15, -0.1) is 0 Å². The number of nitrogens with zero attached hydrogens (tertiary/aromatic N) is 1. The zero-order chi connectivity index (χ0) is 10.8. The van der Waals surface area contributed by atoms with E-state index in [1.165, 1.54) is 0 Å². The molecule has 0 aromatic rings. The normalized spacial score (nSPS) is 16.6. The van der Waals surface area contributed by atoms with E-state index in [0.29, 0.717) is 19.1 Å². The monoisotopic (exact) mass is 199 g/mol. The molecule has 0 heterocycles. The molecular weight excluding hydrogens is 178 g/mol. The fourth-order valence-electron chi connectivity index (χ4n) is 1.37. The molecule has 14 heavy (non-hydrogen) atoms. The van der Waals surface area contributed by atoms with Gasteiger partial charge in [-0.1, -0.05) is 0 Å². The molecule has 0 radical (unpaired) electrons. The molecule has 0 aromatic heterocycles. The Hall–Kier alpha value is -0.770. The molecule has 0 saturated heterocycles. The van der Waals surface area contributed by atoms with Crippen LogP contribution in [0.2, 0.25) is 0 Å². The molecule has 0 unspecified atom stereocenters. The van der Waals surface area contributed by atoms with E-state index in [0.717, 1.165) is 12.8 Å². The Labute approximate surface area is 85.8 Å². The van der Waals surface area contributed by atoms with Gasteiger partial charge in [-0.3, -0.25) is 0 Å². The number of nitrogens with two attached hydrogens (primary N) is 1. The van der Waals surface area contributed by atoms with Crippen molar-refractivity contribution in [1.29, 1.82) is 0 Å². The third-order valence-electron chi connectivity index (χ3n) is 2.10. The van der Waals surface area contributed by atoms with E-state index >= 15 is 0 Å². The third-order valence-corrected chi connectivity index (χ3v) is 2.10. The van der Waals surface area contributed by atoms with Crippen molar-refractivity contribution in [2.75, 3.05) is 13.1 Å². The minimum atomic E-state index is -0.168. The maximum absolute atomic E-state index is 11.8. The fourth-order valence-corrected chi connectivity index (χ4v) is 1.37. The van der Waals surface area contributed by atoms with Crippen molar-refractivity contribution in [3.8, 4) is 0 Å². The van der Waals surface area contributed by atoms with Gasteiger partial charge in [0.1, 0.15) is 0 Å². The summed E-state index contributed by atoms with van der Waals surface area (Å²) >= 11 is 0. The first-order chi connectivity index (χ1) is 6.44. The number of amides is 2. The van der Waals surface area contributed by atoms with Gasteiger partial charge in [0.2, 0.25) is 0 Å². The average Bonchev–Trinajstić information content (AvgIpc) is 2.78. The Morgan fingerprint density at radius 2 is 2.07 bits per heavy atom. The predicted octanol–water partition coefficient (Wildman–Crippen LogP) is 0.918. The van der Waals surface area contributed by atoms with Crippen LogP contribution in [0, 0.1) is 0 Å². The maximum atomic E-state index is 11.8. The minimum absolute atomic E-state index is 0.0189. The lowest BCUT2D eigenvalue weighted by Gasteiger charge is -2.28. The molecule has 1 saturated carbocycles. The lowest BCUT2D eigenvalue weighted by Crippen LogP contribution is -2.50. The van der Waals surface area contributed by atoms with Crippen LogP contribution in [0.15, 0.2) is 0 Å². The van der Waals surface area contributed by atoms with E-state index in [4.69, 9.17) is 5.73 Å². The number of rotatable bonds is 3. The van der Waals surface area contributed by atoms with Gasteiger partial charge in [-0.2, -0.15) is 0 Å². The quantitative estimate of drug-likeness (QED) is 0.710. The molecule has 2 amide bonds. The summed E-state index contributed by atoms with van der Waals surface area (Å²) in [4.78, 5) is 13.6. The zero-order valence-electron chi connectivity index (χ0n) is 9.34. The highest BCUT2D eigenvalue weighted by molar-refractivity contribution is 5.75. The Morgan fingerprint density at radius 1 is 1.50 bits per heavy atom. The molecule has 1 aliphatic rings. The molecule has 0 spiro atoms. The second-order valence-electron chi connectivity index (χ2n) is 4.89. The second kappa shape index (κ2) is 4.17. The van der Waals surface area contributed by atoms with Gasteiger partial charge in [0.25, 0.3) is 0 Å². The Morgan fingerprint density at radius 3 is 2.43 bits per heavy atom. The topological polar surface area (TPSA) is 58.4 Å². The maximum Gasteiger partial charge on any atom is 0.318 e. The molecule has 1 rings (SSSR count). The first-order valence-corrected chi connectivity index (χ1v) is 5.23. The van der Waals surface area contributed by atoms with Gasteiger partial charge < -0.3 is 16.0 Å². The summed E-state index contributed by atoms with van der Waals surface area (Å²) in [6.45, 7) is 7.15. The van der Waals surface area contributed by atoms with Crippen LogP contribution in [-0.4, -0.2) is 35.6 Å². The van der Waals surface area contributed by atoms with E-state index < -0.39 is 0 Å². The Balaban J connectivity index is 2.46. The highest BCUT2D eigenvalue weighted by atomic mass is 16.2. The fraction of sp³-hybridized carbons (Fsp3) is 0.900. The van der Waals surface area contributed by atoms with Crippen LogP contribution >= 0.6 is 0 Å². The van der Waals surface area contributed by atoms with Crippen molar-refractivity contribution in [3.05, 3.63) is 0 Å². The van der Waals surface area contributed by atoms with Crippen molar-refractivity contribution in [2.24, 2.45) is 5.73 Å². The second-order valence-corrected chi connectivity index (χ2v) is 4.89. The standard InChI is InChI=1S/C10H21N3O/c1-10(2,3)12-9(14)13(7-6-11)8-4-5-8/h8H,4-7,11H2,1-3H3,(H,12,14). The molecule has 0 aromatic carbocycles. The molecule has 0 atom stereocenters. The van der Waals surface area contributed by atoms with Gasteiger partial charge in [-0.05, 0) is 33.6 Å². The molecule has 0 aliphatic heterocycles. The summed E-state index contributed by atoms with van der Waals surface area (Å²) in [6, 6.07) is 0.450. The van der Waals surface area contributed by atoms with E-state index in [9.17, 15) is 4.79 Å². The minimum Gasteiger partial charge on any atom is -0.333 e. The van der Waals surface area contributed by atoms with Crippen molar-refractivity contribution < 1.29 is 4.79 Å². The highest BCUT2D eigenvalue weighted by Crippen LogP contribution is 2.26. The Bertz CT molecular complexity index is 206. The lowest BCUT2D eigenvalue weighted by molar-refractivity contribution is 0.187. The van der Waals surface area contributed by atoms with Gasteiger partial charge in [-0.25, -0.2) is 4.79 Å². The van der Waals surface area contributed by atoms with Crippen LogP contribution < -0.4 is 11.1 Å². The summed E-state index contributed by atoms with van der Waals surface area (Å²) in [5, 5.41) is 2.96. The van der Waals surface area contributed by atoms with E-state index in [1.54, 1.807) is 0 Å². The van der Waals surface area contributed by atoms with Crippen molar-refractivity contribution in [2.45, 2.75) is 45.2 Å². The van der Waals surface area contributed by atoms with E-state index in [2.05, 4.69) is 5.32 Å². The number of carbonyl (C=O) groups is 1. The van der Waals surface area contributed by atoms with Crippen LogP contribution in [-0.2, 0) is 0 Å². The first kappa shape index (κ1) is 11.3. The van der Waals surface area contributed by atoms with Gasteiger partial charge in [0.05, 0.1) is 0 Å². The average molecular weight is 199 g/mol. The molecular formula is C10H21N3O. The number of carbonyl (C=O) groups excluding carboxylic acids is 1. The first-order valence-electron chi connectivity index (χ1n) is 5.23.